The molecule has 0 radical (unpaired) electrons. The lowest BCUT2D eigenvalue weighted by Crippen LogP contribution is -2.38. The molecule has 1 amide bonds. The van der Waals surface area contributed by atoms with Crippen LogP contribution in [0.25, 0.3) is 0 Å². The summed E-state index contributed by atoms with van der Waals surface area (Å²) in [5, 5.41) is 11.7. The molecule has 1 heterocycles. The molecule has 0 spiro atoms. The van der Waals surface area contributed by atoms with E-state index in [4.69, 9.17) is 9.84 Å². The Labute approximate surface area is 132 Å². The van der Waals surface area contributed by atoms with Gasteiger partial charge in [0.15, 0.2) is 0 Å². The van der Waals surface area contributed by atoms with Crippen LogP contribution in [0.2, 0.25) is 0 Å². The van der Waals surface area contributed by atoms with Crippen LogP contribution in [0.15, 0.2) is 24.3 Å². The summed E-state index contributed by atoms with van der Waals surface area (Å²) in [4.78, 5) is 14.7. The number of nitrogens with one attached hydrogen (secondary N) is 1. The minimum Gasteiger partial charge on any atom is -0.491 e. The van der Waals surface area contributed by atoms with E-state index >= 15 is 0 Å². The van der Waals surface area contributed by atoms with Gasteiger partial charge in [0.1, 0.15) is 12.4 Å². The monoisotopic (exact) mass is 306 g/mol. The van der Waals surface area contributed by atoms with Crippen molar-refractivity contribution in [1.29, 1.82) is 0 Å². The number of ether oxygens (including phenoxy) is 1. The fraction of sp³-hybridized carbons (Fsp3) is 0.588. The summed E-state index contributed by atoms with van der Waals surface area (Å²) in [6, 6.07) is 7.26. The predicted octanol–water partition coefficient (Wildman–Crippen LogP) is 2.12. The molecule has 0 bridgehead atoms. The Bertz CT molecular complexity index is 453. The van der Waals surface area contributed by atoms with Crippen LogP contribution in [0.3, 0.4) is 0 Å². The molecule has 1 aliphatic rings. The molecule has 2 rings (SSSR count). The summed E-state index contributed by atoms with van der Waals surface area (Å²) in [6.07, 6.45) is 3.04. The van der Waals surface area contributed by atoms with Crippen molar-refractivity contribution in [3.05, 3.63) is 24.3 Å². The van der Waals surface area contributed by atoms with Crippen molar-refractivity contribution in [2.75, 3.05) is 38.2 Å². The minimum atomic E-state index is -0.00475. The predicted molar refractivity (Wildman–Crippen MR) is 87.1 cm³/mol. The highest BCUT2D eigenvalue weighted by Crippen LogP contribution is 2.21. The molecule has 1 fully saturated rings. The molecule has 22 heavy (non-hydrogen) atoms. The van der Waals surface area contributed by atoms with Crippen molar-refractivity contribution in [2.45, 2.75) is 26.2 Å². The molecule has 0 aliphatic carbocycles. The third kappa shape index (κ3) is 5.00. The number of aliphatic hydroxyl groups excluding tert-OH is 1. The van der Waals surface area contributed by atoms with Crippen LogP contribution >= 0.6 is 0 Å². The van der Waals surface area contributed by atoms with E-state index in [1.165, 1.54) is 6.42 Å². The third-order valence-electron chi connectivity index (χ3n) is 3.98. The topological polar surface area (TPSA) is 61.8 Å². The molecule has 1 aromatic rings. The van der Waals surface area contributed by atoms with Crippen LogP contribution in [0.4, 0.5) is 5.69 Å². The van der Waals surface area contributed by atoms with Crippen molar-refractivity contribution in [3.63, 3.8) is 0 Å². The first-order valence-electron chi connectivity index (χ1n) is 8.10. The number of anilines is 1. The van der Waals surface area contributed by atoms with Crippen molar-refractivity contribution in [2.24, 2.45) is 5.92 Å². The average molecular weight is 306 g/mol. The number of rotatable bonds is 7. The number of nitrogens with zero attached hydrogens (tertiary/aromatic N) is 1. The second-order valence-corrected chi connectivity index (χ2v) is 5.70. The summed E-state index contributed by atoms with van der Waals surface area (Å²) < 4.78 is 5.30. The second kappa shape index (κ2) is 8.76. The van der Waals surface area contributed by atoms with Gasteiger partial charge in [-0.3, -0.25) is 4.79 Å². The second-order valence-electron chi connectivity index (χ2n) is 5.70. The summed E-state index contributed by atoms with van der Waals surface area (Å²) in [5.74, 6) is 0.915. The number of hydrogen-bond acceptors (Lipinski definition) is 4. The van der Waals surface area contributed by atoms with Gasteiger partial charge < -0.3 is 20.1 Å². The molecule has 1 saturated heterocycles. The van der Waals surface area contributed by atoms with E-state index in [1.54, 1.807) is 12.1 Å². The number of carbonyl (C=O) groups excluding carboxylic acids is 1. The molecule has 0 atom stereocenters. The first-order chi connectivity index (χ1) is 10.7. The molecule has 5 heteroatoms. The largest absolute Gasteiger partial charge is 0.491 e. The highest BCUT2D eigenvalue weighted by Gasteiger charge is 2.24. The van der Waals surface area contributed by atoms with Crippen LogP contribution in [-0.4, -0.2) is 48.8 Å². The van der Waals surface area contributed by atoms with Crippen LogP contribution < -0.4 is 10.1 Å². The quantitative estimate of drug-likeness (QED) is 0.810. The van der Waals surface area contributed by atoms with Crippen molar-refractivity contribution >= 4 is 11.6 Å². The van der Waals surface area contributed by atoms with E-state index in [0.29, 0.717) is 5.75 Å². The van der Waals surface area contributed by atoms with E-state index < -0.39 is 0 Å². The van der Waals surface area contributed by atoms with E-state index in [-0.39, 0.29) is 25.0 Å². The number of hydrogen-bond donors (Lipinski definition) is 2. The Balaban J connectivity index is 1.79. The van der Waals surface area contributed by atoms with Gasteiger partial charge in [0, 0.05) is 11.6 Å². The van der Waals surface area contributed by atoms with Crippen molar-refractivity contribution in [3.8, 4) is 5.75 Å². The number of piperidine rings is 1. The number of aliphatic hydroxyl groups is 1. The molecule has 1 aromatic carbocycles. The van der Waals surface area contributed by atoms with Gasteiger partial charge in [0.05, 0.1) is 6.61 Å². The number of amides is 1. The Kier molecular flexibility index (Phi) is 6.68. The van der Waals surface area contributed by atoms with Gasteiger partial charge in [-0.15, -0.1) is 0 Å². The van der Waals surface area contributed by atoms with E-state index in [9.17, 15) is 4.79 Å². The maximum atomic E-state index is 12.3. The number of likely N-dealkylation sites (tertiary alicyclic amines) is 1. The van der Waals surface area contributed by atoms with Crippen LogP contribution in [0, 0.1) is 5.92 Å². The molecule has 122 valence electrons. The van der Waals surface area contributed by atoms with Crippen LogP contribution in [-0.2, 0) is 4.79 Å². The van der Waals surface area contributed by atoms with E-state index in [1.807, 2.05) is 12.1 Å². The normalized spacial score (nSPS) is 16.5. The highest BCUT2D eigenvalue weighted by molar-refractivity contribution is 5.92. The molecular formula is C17H26N2O3. The fourth-order valence-electron chi connectivity index (χ4n) is 2.78. The van der Waals surface area contributed by atoms with Gasteiger partial charge in [-0.2, -0.15) is 0 Å². The minimum absolute atomic E-state index is 0.00475. The lowest BCUT2D eigenvalue weighted by atomic mass is 9.95. The third-order valence-corrected chi connectivity index (χ3v) is 3.98. The fourth-order valence-corrected chi connectivity index (χ4v) is 2.78. The van der Waals surface area contributed by atoms with E-state index in [2.05, 4.69) is 17.1 Å². The van der Waals surface area contributed by atoms with Crippen molar-refractivity contribution < 1.29 is 14.6 Å². The zero-order valence-electron chi connectivity index (χ0n) is 13.3. The maximum absolute atomic E-state index is 12.3. The Hall–Kier alpha value is -1.59. The molecule has 2 N–H and O–H groups in total. The SMILES string of the molecule is CCCN1CCC(C(=O)Nc2ccc(OCCO)cc2)CC1. The molecule has 0 saturated carbocycles. The van der Waals surface area contributed by atoms with Crippen LogP contribution in [0.5, 0.6) is 5.75 Å². The Morgan fingerprint density at radius 3 is 2.59 bits per heavy atom. The molecule has 0 aromatic heterocycles. The van der Waals surface area contributed by atoms with Gasteiger partial charge >= 0.3 is 0 Å². The molecular weight excluding hydrogens is 280 g/mol. The van der Waals surface area contributed by atoms with Crippen molar-refractivity contribution in [1.82, 2.24) is 4.90 Å². The first kappa shape index (κ1) is 16.8. The van der Waals surface area contributed by atoms with Gasteiger partial charge in [0.25, 0.3) is 0 Å². The zero-order valence-corrected chi connectivity index (χ0v) is 13.3. The van der Waals surface area contributed by atoms with Gasteiger partial charge in [0.2, 0.25) is 5.91 Å². The summed E-state index contributed by atoms with van der Waals surface area (Å²) in [6.45, 7) is 5.62. The average Bonchev–Trinajstić information content (AvgIpc) is 2.55. The van der Waals surface area contributed by atoms with Crippen LogP contribution in [0.1, 0.15) is 26.2 Å². The first-order valence-corrected chi connectivity index (χ1v) is 8.10. The molecule has 0 unspecified atom stereocenters. The van der Waals surface area contributed by atoms with Gasteiger partial charge in [-0.25, -0.2) is 0 Å². The summed E-state index contributed by atoms with van der Waals surface area (Å²) in [7, 11) is 0. The summed E-state index contributed by atoms with van der Waals surface area (Å²) >= 11 is 0. The van der Waals surface area contributed by atoms with E-state index in [0.717, 1.165) is 38.2 Å². The molecule has 5 nitrogen and oxygen atoms in total. The lowest BCUT2D eigenvalue weighted by molar-refractivity contribution is -0.121. The number of benzene rings is 1. The standard InChI is InChI=1S/C17H26N2O3/c1-2-9-19-10-7-14(8-11-19)17(21)18-15-3-5-16(6-4-15)22-13-12-20/h3-6,14,20H,2,7-13H2,1H3,(H,18,21). The summed E-state index contributed by atoms with van der Waals surface area (Å²) in [5.41, 5.74) is 0.789. The number of carbonyl (C=O) groups is 1. The lowest BCUT2D eigenvalue weighted by Gasteiger charge is -2.30. The Morgan fingerprint density at radius 1 is 1.32 bits per heavy atom. The van der Waals surface area contributed by atoms with Gasteiger partial charge in [-0.05, 0) is 63.2 Å². The Morgan fingerprint density at radius 2 is 2.00 bits per heavy atom. The maximum Gasteiger partial charge on any atom is 0.227 e. The highest BCUT2D eigenvalue weighted by atomic mass is 16.5. The van der Waals surface area contributed by atoms with Gasteiger partial charge in [-0.1, -0.05) is 6.92 Å². The smallest absolute Gasteiger partial charge is 0.227 e. The zero-order chi connectivity index (χ0) is 15.8. The molecule has 1 aliphatic heterocycles.